The Morgan fingerprint density at radius 3 is 2.75 bits per heavy atom. The zero-order valence-corrected chi connectivity index (χ0v) is 10.1. The van der Waals surface area contributed by atoms with Gasteiger partial charge in [-0.2, -0.15) is 5.26 Å². The summed E-state index contributed by atoms with van der Waals surface area (Å²) in [6.45, 7) is 0. The molecule has 0 unspecified atom stereocenters. The molecule has 1 aliphatic carbocycles. The number of hydrogen-bond donors (Lipinski definition) is 2. The standard InChI is InChI=1S/C11H15N3OS/c1-15-10-9(13)8(6-12)16-11(10)14-7-4-2-3-5-7/h7,14H,2-5,13H2,1H3. The van der Waals surface area contributed by atoms with Crippen LogP contribution in [0.4, 0.5) is 10.7 Å². The lowest BCUT2D eigenvalue weighted by Crippen LogP contribution is -2.13. The van der Waals surface area contributed by atoms with Crippen molar-refractivity contribution in [2.24, 2.45) is 0 Å². The van der Waals surface area contributed by atoms with Gasteiger partial charge in [0.15, 0.2) is 5.75 Å². The van der Waals surface area contributed by atoms with E-state index in [1.807, 2.05) is 0 Å². The van der Waals surface area contributed by atoms with Crippen LogP contribution in [-0.4, -0.2) is 13.2 Å². The monoisotopic (exact) mass is 237 g/mol. The zero-order valence-electron chi connectivity index (χ0n) is 9.25. The summed E-state index contributed by atoms with van der Waals surface area (Å²) in [5.74, 6) is 0.619. The average molecular weight is 237 g/mol. The lowest BCUT2D eigenvalue weighted by atomic mass is 10.2. The number of rotatable bonds is 3. The van der Waals surface area contributed by atoms with Gasteiger partial charge in [-0.15, -0.1) is 11.3 Å². The molecule has 1 aromatic rings. The maximum Gasteiger partial charge on any atom is 0.177 e. The highest BCUT2D eigenvalue weighted by Gasteiger charge is 2.21. The van der Waals surface area contributed by atoms with Crippen LogP contribution in [0.15, 0.2) is 0 Å². The fourth-order valence-corrected chi connectivity index (χ4v) is 3.03. The van der Waals surface area contributed by atoms with Crippen molar-refractivity contribution >= 4 is 22.0 Å². The van der Waals surface area contributed by atoms with Crippen molar-refractivity contribution in [1.29, 1.82) is 5.26 Å². The molecule has 0 spiro atoms. The van der Waals surface area contributed by atoms with Gasteiger partial charge in [0.2, 0.25) is 0 Å². The molecule has 0 radical (unpaired) electrons. The van der Waals surface area contributed by atoms with Crippen molar-refractivity contribution in [3.63, 3.8) is 0 Å². The van der Waals surface area contributed by atoms with Crippen molar-refractivity contribution in [2.75, 3.05) is 18.2 Å². The summed E-state index contributed by atoms with van der Waals surface area (Å²) in [6.07, 6.45) is 4.91. The van der Waals surface area contributed by atoms with Gasteiger partial charge in [-0.05, 0) is 12.8 Å². The molecule has 1 fully saturated rings. The maximum atomic E-state index is 8.91. The van der Waals surface area contributed by atoms with E-state index in [0.29, 0.717) is 22.4 Å². The molecule has 5 heteroatoms. The predicted molar refractivity (Wildman–Crippen MR) is 65.9 cm³/mol. The lowest BCUT2D eigenvalue weighted by molar-refractivity contribution is 0.419. The van der Waals surface area contributed by atoms with E-state index in [1.54, 1.807) is 7.11 Å². The van der Waals surface area contributed by atoms with Gasteiger partial charge in [-0.25, -0.2) is 0 Å². The fourth-order valence-electron chi connectivity index (χ4n) is 2.07. The largest absolute Gasteiger partial charge is 0.492 e. The Morgan fingerprint density at radius 2 is 2.19 bits per heavy atom. The molecule has 0 amide bonds. The van der Waals surface area contributed by atoms with E-state index in [1.165, 1.54) is 37.0 Å². The van der Waals surface area contributed by atoms with Gasteiger partial charge >= 0.3 is 0 Å². The van der Waals surface area contributed by atoms with Crippen LogP contribution in [0.2, 0.25) is 0 Å². The molecule has 1 aliphatic rings. The number of ether oxygens (including phenoxy) is 1. The molecular formula is C11H15N3OS. The minimum absolute atomic E-state index is 0.454. The first-order valence-corrected chi connectivity index (χ1v) is 6.20. The molecule has 0 aromatic carbocycles. The van der Waals surface area contributed by atoms with Crippen LogP contribution in [0.1, 0.15) is 30.6 Å². The van der Waals surface area contributed by atoms with Crippen LogP contribution in [0, 0.1) is 11.3 Å². The number of nitriles is 1. The second-order valence-electron chi connectivity index (χ2n) is 3.94. The van der Waals surface area contributed by atoms with Crippen molar-refractivity contribution in [3.8, 4) is 11.8 Å². The summed E-state index contributed by atoms with van der Waals surface area (Å²) in [5, 5.41) is 13.2. The molecular weight excluding hydrogens is 222 g/mol. The quantitative estimate of drug-likeness (QED) is 0.847. The van der Waals surface area contributed by atoms with Crippen molar-refractivity contribution in [3.05, 3.63) is 4.88 Å². The molecule has 2 rings (SSSR count). The Balaban J connectivity index is 2.22. The molecule has 16 heavy (non-hydrogen) atoms. The maximum absolute atomic E-state index is 8.91. The van der Waals surface area contributed by atoms with Crippen molar-refractivity contribution in [2.45, 2.75) is 31.7 Å². The molecule has 3 N–H and O–H groups in total. The normalized spacial score (nSPS) is 16.0. The van der Waals surface area contributed by atoms with Gasteiger partial charge in [0.05, 0.1) is 7.11 Å². The molecule has 4 nitrogen and oxygen atoms in total. The van der Waals surface area contributed by atoms with Gasteiger partial charge in [0.1, 0.15) is 21.6 Å². The SMILES string of the molecule is COc1c(NC2CCCC2)sc(C#N)c1N. The van der Waals surface area contributed by atoms with E-state index in [-0.39, 0.29) is 0 Å². The van der Waals surface area contributed by atoms with Gasteiger partial charge in [-0.3, -0.25) is 0 Å². The van der Waals surface area contributed by atoms with E-state index in [0.717, 1.165) is 5.00 Å². The summed E-state index contributed by atoms with van der Waals surface area (Å²) in [5.41, 5.74) is 6.28. The summed E-state index contributed by atoms with van der Waals surface area (Å²) < 4.78 is 5.24. The first-order valence-electron chi connectivity index (χ1n) is 5.39. The third-order valence-corrected chi connectivity index (χ3v) is 3.92. The summed E-state index contributed by atoms with van der Waals surface area (Å²) >= 11 is 1.38. The van der Waals surface area contributed by atoms with Crippen LogP contribution in [0.5, 0.6) is 5.75 Å². The highest BCUT2D eigenvalue weighted by atomic mass is 32.1. The predicted octanol–water partition coefficient (Wildman–Crippen LogP) is 2.57. The van der Waals surface area contributed by atoms with Gasteiger partial charge in [-0.1, -0.05) is 12.8 Å². The Kier molecular flexibility index (Phi) is 3.20. The first-order chi connectivity index (χ1) is 7.76. The topological polar surface area (TPSA) is 71.1 Å². The van der Waals surface area contributed by atoms with E-state index >= 15 is 0 Å². The highest BCUT2D eigenvalue weighted by molar-refractivity contribution is 7.17. The Hall–Kier alpha value is -1.41. The molecule has 0 atom stereocenters. The zero-order chi connectivity index (χ0) is 11.5. The number of nitrogens with two attached hydrogens (primary N) is 1. The number of anilines is 2. The van der Waals surface area contributed by atoms with Crippen LogP contribution in [0.3, 0.4) is 0 Å². The molecule has 1 saturated carbocycles. The van der Waals surface area contributed by atoms with Crippen LogP contribution in [-0.2, 0) is 0 Å². The summed E-state index contributed by atoms with van der Waals surface area (Å²) in [4.78, 5) is 0.525. The average Bonchev–Trinajstić information content (AvgIpc) is 2.87. The van der Waals surface area contributed by atoms with Crippen LogP contribution in [0.25, 0.3) is 0 Å². The van der Waals surface area contributed by atoms with Crippen molar-refractivity contribution in [1.82, 2.24) is 0 Å². The van der Waals surface area contributed by atoms with Crippen LogP contribution < -0.4 is 15.8 Å². The lowest BCUT2D eigenvalue weighted by Gasteiger charge is -2.12. The number of nitrogen functional groups attached to an aromatic ring is 1. The van der Waals surface area contributed by atoms with Gasteiger partial charge in [0.25, 0.3) is 0 Å². The minimum Gasteiger partial charge on any atom is -0.492 e. The second kappa shape index (κ2) is 4.62. The minimum atomic E-state index is 0.454. The third kappa shape index (κ3) is 1.93. The number of nitrogens with zero attached hydrogens (tertiary/aromatic N) is 1. The second-order valence-corrected chi connectivity index (χ2v) is 4.97. The first kappa shape index (κ1) is 11.1. The van der Waals surface area contributed by atoms with Gasteiger partial charge < -0.3 is 15.8 Å². The molecule has 86 valence electrons. The third-order valence-electron chi connectivity index (χ3n) is 2.90. The Morgan fingerprint density at radius 1 is 1.50 bits per heavy atom. The molecule has 1 heterocycles. The summed E-state index contributed by atoms with van der Waals surface area (Å²) in [7, 11) is 1.58. The van der Waals surface area contributed by atoms with E-state index in [4.69, 9.17) is 15.7 Å². The molecule has 0 bridgehead atoms. The molecule has 0 saturated heterocycles. The Bertz CT molecular complexity index is 416. The molecule has 0 aliphatic heterocycles. The molecule has 1 aromatic heterocycles. The number of thiophene rings is 1. The number of nitrogens with one attached hydrogen (secondary N) is 1. The number of methoxy groups -OCH3 is 1. The van der Waals surface area contributed by atoms with Gasteiger partial charge in [0, 0.05) is 6.04 Å². The Labute approximate surface area is 99.0 Å². The number of hydrogen-bond acceptors (Lipinski definition) is 5. The summed E-state index contributed by atoms with van der Waals surface area (Å²) in [6, 6.07) is 2.59. The van der Waals surface area contributed by atoms with Crippen molar-refractivity contribution < 1.29 is 4.74 Å². The highest BCUT2D eigenvalue weighted by Crippen LogP contribution is 2.43. The van der Waals surface area contributed by atoms with E-state index < -0.39 is 0 Å². The smallest absolute Gasteiger partial charge is 0.177 e. The van der Waals surface area contributed by atoms with E-state index in [2.05, 4.69) is 11.4 Å². The van der Waals surface area contributed by atoms with E-state index in [9.17, 15) is 0 Å². The fraction of sp³-hybridized carbons (Fsp3) is 0.545. The van der Waals surface area contributed by atoms with Crippen LogP contribution >= 0.6 is 11.3 Å².